The number of carbonyl (C=O) groups excluding carboxylic acids is 2. The highest BCUT2D eigenvalue weighted by atomic mass is 35.5. The van der Waals surface area contributed by atoms with Gasteiger partial charge in [0.25, 0.3) is 5.91 Å². The molecular weight excluding hydrogens is 546 g/mol. The Morgan fingerprint density at radius 2 is 1.74 bits per heavy atom. The number of benzene rings is 3. The van der Waals surface area contributed by atoms with Gasteiger partial charge in [-0.1, -0.05) is 72.3 Å². The lowest BCUT2D eigenvalue weighted by Crippen LogP contribution is -2.61. The molecule has 3 aromatic carbocycles. The van der Waals surface area contributed by atoms with Crippen molar-refractivity contribution >= 4 is 29.0 Å². The fourth-order valence-electron chi connectivity index (χ4n) is 5.93. The molecule has 220 valence electrons. The standard InChI is InChI=1S/C35H40ClN3O3/c1-24-11-16-31(36)33(20-24)42-19-7-10-27-12-14-28(15-13-27)30-21-29-22-39(25(2)40)23-32(37-29)34(30)35(41)38(3)18-17-26-8-5-4-6-9-26/h4-6,8-9,11-16,20,29,32,37H,7,10,17-19,21-23H2,1-3H3/t29-,32-/m1/s1. The number of likely N-dealkylation sites (N-methyl/N-ethyl adjacent to an activating group) is 1. The molecule has 2 amide bonds. The molecule has 42 heavy (non-hydrogen) atoms. The van der Waals surface area contributed by atoms with Crippen LogP contribution in [0, 0.1) is 6.92 Å². The lowest BCUT2D eigenvalue weighted by atomic mass is 9.82. The summed E-state index contributed by atoms with van der Waals surface area (Å²) >= 11 is 6.26. The molecule has 1 saturated heterocycles. The first-order valence-electron chi connectivity index (χ1n) is 14.8. The molecule has 7 heteroatoms. The fraction of sp³-hybridized carbons (Fsp3) is 0.371. The summed E-state index contributed by atoms with van der Waals surface area (Å²) in [6, 6.07) is 24.6. The van der Waals surface area contributed by atoms with Gasteiger partial charge in [-0.15, -0.1) is 0 Å². The Morgan fingerprint density at radius 1 is 1.00 bits per heavy atom. The number of fused-ring (bicyclic) bond motifs is 2. The minimum absolute atomic E-state index is 0.0262. The molecule has 6 nitrogen and oxygen atoms in total. The van der Waals surface area contributed by atoms with E-state index in [2.05, 4.69) is 41.7 Å². The molecule has 0 radical (unpaired) electrons. The average Bonchev–Trinajstić information content (AvgIpc) is 2.99. The zero-order valence-electron chi connectivity index (χ0n) is 24.7. The van der Waals surface area contributed by atoms with Crippen molar-refractivity contribution in [2.75, 3.05) is 33.3 Å². The minimum atomic E-state index is -0.187. The summed E-state index contributed by atoms with van der Waals surface area (Å²) in [4.78, 5) is 30.0. The van der Waals surface area contributed by atoms with E-state index in [1.54, 1.807) is 6.92 Å². The molecule has 2 heterocycles. The van der Waals surface area contributed by atoms with Crippen molar-refractivity contribution in [1.82, 2.24) is 15.1 Å². The number of aryl methyl sites for hydroxylation is 2. The van der Waals surface area contributed by atoms with Gasteiger partial charge in [0, 0.05) is 45.2 Å². The molecule has 0 spiro atoms. The number of amides is 2. The number of halogens is 1. The second-order valence-corrected chi connectivity index (χ2v) is 11.9. The molecule has 0 saturated carbocycles. The Balaban J connectivity index is 1.30. The van der Waals surface area contributed by atoms with Gasteiger partial charge in [0.15, 0.2) is 0 Å². The van der Waals surface area contributed by atoms with Crippen molar-refractivity contribution in [3.8, 4) is 5.75 Å². The molecule has 2 atom stereocenters. The van der Waals surface area contributed by atoms with Gasteiger partial charge in [0.05, 0.1) is 17.7 Å². The van der Waals surface area contributed by atoms with E-state index in [4.69, 9.17) is 16.3 Å². The molecule has 0 aliphatic carbocycles. The Bertz CT molecular complexity index is 1440. The van der Waals surface area contributed by atoms with Crippen molar-refractivity contribution in [2.24, 2.45) is 0 Å². The summed E-state index contributed by atoms with van der Waals surface area (Å²) < 4.78 is 5.92. The Kier molecular flexibility index (Phi) is 9.65. The van der Waals surface area contributed by atoms with Crippen LogP contribution >= 0.6 is 11.6 Å². The number of hydrogen-bond acceptors (Lipinski definition) is 4. The first-order valence-corrected chi connectivity index (χ1v) is 15.2. The smallest absolute Gasteiger partial charge is 0.251 e. The molecule has 2 bridgehead atoms. The van der Waals surface area contributed by atoms with Gasteiger partial charge in [0.2, 0.25) is 5.91 Å². The lowest BCUT2D eigenvalue weighted by molar-refractivity contribution is -0.132. The predicted octanol–water partition coefficient (Wildman–Crippen LogP) is 5.71. The van der Waals surface area contributed by atoms with Crippen molar-refractivity contribution < 1.29 is 14.3 Å². The molecule has 3 aromatic rings. The molecular formula is C35H40ClN3O3. The summed E-state index contributed by atoms with van der Waals surface area (Å²) in [5.41, 5.74) is 6.50. The average molecular weight is 586 g/mol. The van der Waals surface area contributed by atoms with Crippen LogP contribution in [-0.2, 0) is 22.4 Å². The van der Waals surface area contributed by atoms with E-state index in [-0.39, 0.29) is 23.9 Å². The van der Waals surface area contributed by atoms with Gasteiger partial charge >= 0.3 is 0 Å². The Hall–Kier alpha value is -3.61. The number of piperazine rings is 1. The van der Waals surface area contributed by atoms with Crippen molar-refractivity contribution in [3.63, 3.8) is 0 Å². The third-order valence-electron chi connectivity index (χ3n) is 8.26. The normalized spacial score (nSPS) is 18.1. The van der Waals surface area contributed by atoms with E-state index in [0.717, 1.165) is 47.3 Å². The summed E-state index contributed by atoms with van der Waals surface area (Å²) in [5.74, 6) is 0.806. The third-order valence-corrected chi connectivity index (χ3v) is 8.57. The first kappa shape index (κ1) is 29.9. The number of carbonyl (C=O) groups is 2. The van der Waals surface area contributed by atoms with Crippen molar-refractivity contribution in [3.05, 3.63) is 106 Å². The molecule has 2 aliphatic heterocycles. The zero-order valence-corrected chi connectivity index (χ0v) is 25.5. The summed E-state index contributed by atoms with van der Waals surface area (Å²) in [6.07, 6.45) is 3.26. The van der Waals surface area contributed by atoms with Crippen LogP contribution < -0.4 is 10.1 Å². The number of hydrogen-bond donors (Lipinski definition) is 1. The largest absolute Gasteiger partial charge is 0.492 e. The second-order valence-electron chi connectivity index (χ2n) is 11.5. The molecule has 0 aromatic heterocycles. The topological polar surface area (TPSA) is 61.9 Å². The van der Waals surface area contributed by atoms with Crippen LogP contribution in [0.25, 0.3) is 5.57 Å². The van der Waals surface area contributed by atoms with Crippen LogP contribution in [0.2, 0.25) is 5.02 Å². The molecule has 5 rings (SSSR count). The molecule has 0 unspecified atom stereocenters. The zero-order chi connectivity index (χ0) is 29.6. The number of rotatable bonds is 10. The van der Waals surface area contributed by atoms with Crippen LogP contribution in [0.1, 0.15) is 42.0 Å². The summed E-state index contributed by atoms with van der Waals surface area (Å²) in [6.45, 7) is 6.01. The van der Waals surface area contributed by atoms with E-state index >= 15 is 0 Å². The van der Waals surface area contributed by atoms with Crippen LogP contribution in [0.4, 0.5) is 0 Å². The quantitative estimate of drug-likeness (QED) is 0.310. The van der Waals surface area contributed by atoms with Crippen molar-refractivity contribution in [1.29, 1.82) is 0 Å². The molecule has 1 fully saturated rings. The summed E-state index contributed by atoms with van der Waals surface area (Å²) in [5, 5.41) is 4.27. The van der Waals surface area contributed by atoms with E-state index in [1.807, 2.05) is 60.2 Å². The Morgan fingerprint density at radius 3 is 2.48 bits per heavy atom. The number of nitrogens with zero attached hydrogens (tertiary/aromatic N) is 2. The van der Waals surface area contributed by atoms with Crippen molar-refractivity contribution in [2.45, 2.75) is 51.6 Å². The van der Waals surface area contributed by atoms with E-state index < -0.39 is 0 Å². The second kappa shape index (κ2) is 13.6. The maximum Gasteiger partial charge on any atom is 0.251 e. The maximum absolute atomic E-state index is 14.0. The van der Waals surface area contributed by atoms with Gasteiger partial charge in [-0.05, 0) is 72.6 Å². The monoisotopic (exact) mass is 585 g/mol. The minimum Gasteiger partial charge on any atom is -0.492 e. The Labute approximate surface area is 254 Å². The molecule has 1 N–H and O–H groups in total. The number of ether oxygens (including phenoxy) is 1. The third kappa shape index (κ3) is 7.23. The highest BCUT2D eigenvalue weighted by Gasteiger charge is 2.39. The highest BCUT2D eigenvalue weighted by molar-refractivity contribution is 6.32. The first-order chi connectivity index (χ1) is 20.3. The molecule has 2 aliphatic rings. The lowest BCUT2D eigenvalue weighted by Gasteiger charge is -2.44. The fourth-order valence-corrected chi connectivity index (χ4v) is 6.10. The van der Waals surface area contributed by atoms with Crippen LogP contribution in [-0.4, -0.2) is 67.0 Å². The predicted molar refractivity (Wildman–Crippen MR) is 169 cm³/mol. The van der Waals surface area contributed by atoms with Gasteiger partial charge < -0.3 is 19.9 Å². The van der Waals surface area contributed by atoms with Gasteiger partial charge in [0.1, 0.15) is 5.75 Å². The van der Waals surface area contributed by atoms with E-state index in [9.17, 15) is 9.59 Å². The van der Waals surface area contributed by atoms with Gasteiger partial charge in [-0.25, -0.2) is 0 Å². The van der Waals surface area contributed by atoms with Gasteiger partial charge in [-0.3, -0.25) is 9.59 Å². The number of nitrogens with one attached hydrogen (secondary N) is 1. The summed E-state index contributed by atoms with van der Waals surface area (Å²) in [7, 11) is 1.88. The van der Waals surface area contributed by atoms with Gasteiger partial charge in [-0.2, -0.15) is 0 Å². The van der Waals surface area contributed by atoms with E-state index in [0.29, 0.717) is 37.7 Å². The SMILES string of the molecule is CC(=O)N1C[C@H]2CC(c3ccc(CCCOc4cc(C)ccc4Cl)cc3)=C(C(=O)N(C)CCc3ccccc3)[C@@H](C1)N2. The van der Waals surface area contributed by atoms with E-state index in [1.165, 1.54) is 11.1 Å². The van der Waals surface area contributed by atoms with Crippen LogP contribution in [0.5, 0.6) is 5.75 Å². The maximum atomic E-state index is 14.0. The van der Waals surface area contributed by atoms with Crippen LogP contribution in [0.3, 0.4) is 0 Å². The highest BCUT2D eigenvalue weighted by Crippen LogP contribution is 2.34. The van der Waals surface area contributed by atoms with Crippen LogP contribution in [0.15, 0.2) is 78.4 Å².